The molecular weight excluding hydrogens is 264 g/mol. The van der Waals surface area contributed by atoms with Gasteiger partial charge in [0.1, 0.15) is 5.52 Å². The van der Waals surface area contributed by atoms with Gasteiger partial charge in [-0.3, -0.25) is 0 Å². The van der Waals surface area contributed by atoms with E-state index in [4.69, 9.17) is 9.52 Å². The van der Waals surface area contributed by atoms with Gasteiger partial charge in [-0.25, -0.2) is 4.79 Å². The Labute approximate surface area is 114 Å². The van der Waals surface area contributed by atoms with E-state index in [1.54, 1.807) is 12.1 Å². The van der Waals surface area contributed by atoms with Gasteiger partial charge in [0.2, 0.25) is 0 Å². The van der Waals surface area contributed by atoms with Crippen LogP contribution in [-0.2, 0) is 0 Å². The molecule has 2 aromatic rings. The van der Waals surface area contributed by atoms with Gasteiger partial charge in [0.05, 0.1) is 5.56 Å². The Morgan fingerprint density at radius 2 is 2.42 bits per heavy atom. The van der Waals surface area contributed by atoms with Crippen molar-refractivity contribution < 1.29 is 14.3 Å². The number of aromatic carboxylic acids is 1. The largest absolute Gasteiger partial charge is 0.478 e. The van der Waals surface area contributed by atoms with Crippen LogP contribution in [0.5, 0.6) is 0 Å². The molecule has 1 atom stereocenters. The number of carboxylic acid groups (broad SMARTS) is 1. The topological polar surface area (TPSA) is 66.6 Å². The lowest BCUT2D eigenvalue weighted by molar-refractivity contribution is 0.0697. The molecule has 0 aliphatic carbocycles. The van der Waals surface area contributed by atoms with Crippen LogP contribution in [0.2, 0.25) is 0 Å². The third kappa shape index (κ3) is 2.28. The molecule has 1 N–H and O–H groups in total. The number of anilines is 1. The summed E-state index contributed by atoms with van der Waals surface area (Å²) < 4.78 is 5.71. The lowest BCUT2D eigenvalue weighted by Gasteiger charge is -2.31. The van der Waals surface area contributed by atoms with E-state index in [1.165, 1.54) is 6.07 Å². The molecule has 1 aromatic heterocycles. The predicted octanol–water partition coefficient (Wildman–Crippen LogP) is 2.47. The van der Waals surface area contributed by atoms with Crippen molar-refractivity contribution in [3.8, 4) is 0 Å². The summed E-state index contributed by atoms with van der Waals surface area (Å²) in [7, 11) is 0. The van der Waals surface area contributed by atoms with Crippen molar-refractivity contribution >= 4 is 34.8 Å². The number of nitrogens with zero attached hydrogens (tertiary/aromatic N) is 2. The zero-order valence-electron chi connectivity index (χ0n) is 10.5. The van der Waals surface area contributed by atoms with Gasteiger partial charge in [-0.2, -0.15) is 16.7 Å². The number of aromatic nitrogens is 1. The lowest BCUT2D eigenvalue weighted by Crippen LogP contribution is -2.40. The van der Waals surface area contributed by atoms with Crippen molar-refractivity contribution in [1.82, 2.24) is 4.98 Å². The lowest BCUT2D eigenvalue weighted by atomic mass is 10.2. The van der Waals surface area contributed by atoms with Crippen molar-refractivity contribution in [2.45, 2.75) is 13.0 Å². The van der Waals surface area contributed by atoms with Crippen LogP contribution in [-0.4, -0.2) is 40.2 Å². The average Bonchev–Trinajstić information content (AvgIpc) is 2.81. The summed E-state index contributed by atoms with van der Waals surface area (Å²) in [6, 6.07) is 5.73. The van der Waals surface area contributed by atoms with E-state index in [1.807, 2.05) is 11.8 Å². The fourth-order valence-electron chi connectivity index (χ4n) is 2.18. The molecule has 0 bridgehead atoms. The Bertz CT molecular complexity index is 625. The summed E-state index contributed by atoms with van der Waals surface area (Å²) in [5.74, 6) is 1.16. The number of oxazole rings is 1. The molecule has 1 aliphatic rings. The molecule has 0 amide bonds. The molecule has 6 heteroatoms. The molecule has 1 unspecified atom stereocenters. The summed E-state index contributed by atoms with van der Waals surface area (Å²) in [5, 5.41) is 8.97. The van der Waals surface area contributed by atoms with E-state index in [0.29, 0.717) is 23.2 Å². The highest BCUT2D eigenvalue weighted by Gasteiger charge is 2.23. The summed E-state index contributed by atoms with van der Waals surface area (Å²) in [6.07, 6.45) is 0. The van der Waals surface area contributed by atoms with Crippen LogP contribution in [0.3, 0.4) is 0 Å². The molecule has 1 aliphatic heterocycles. The molecule has 1 saturated heterocycles. The zero-order valence-corrected chi connectivity index (χ0v) is 11.3. The Kier molecular flexibility index (Phi) is 3.10. The van der Waals surface area contributed by atoms with E-state index in [0.717, 1.165) is 18.1 Å². The van der Waals surface area contributed by atoms with Gasteiger partial charge in [-0.1, -0.05) is 0 Å². The zero-order chi connectivity index (χ0) is 13.4. The molecule has 0 radical (unpaired) electrons. The summed E-state index contributed by atoms with van der Waals surface area (Å²) in [5.41, 5.74) is 1.45. The molecule has 1 fully saturated rings. The fraction of sp³-hybridized carbons (Fsp3) is 0.385. The van der Waals surface area contributed by atoms with Crippen LogP contribution in [0.4, 0.5) is 6.01 Å². The van der Waals surface area contributed by atoms with Gasteiger partial charge in [-0.05, 0) is 25.1 Å². The molecule has 3 rings (SSSR count). The number of thioether (sulfide) groups is 1. The first-order chi connectivity index (χ1) is 9.15. The van der Waals surface area contributed by atoms with E-state index in [9.17, 15) is 4.79 Å². The minimum Gasteiger partial charge on any atom is -0.478 e. The number of hydrogen-bond donors (Lipinski definition) is 1. The number of carbonyl (C=O) groups is 1. The Hall–Kier alpha value is -1.69. The number of benzene rings is 1. The van der Waals surface area contributed by atoms with Crippen LogP contribution in [0.25, 0.3) is 11.1 Å². The highest BCUT2D eigenvalue weighted by Crippen LogP contribution is 2.27. The summed E-state index contributed by atoms with van der Waals surface area (Å²) >= 11 is 1.93. The number of carboxylic acids is 1. The predicted molar refractivity (Wildman–Crippen MR) is 75.1 cm³/mol. The standard InChI is InChI=1S/C13H14N2O3S/c1-8-7-19-5-4-15(8)13-14-10-3-2-9(12(16)17)6-11(10)18-13/h2-3,6,8H,4-5,7H2,1H3,(H,16,17). The third-order valence-electron chi connectivity index (χ3n) is 3.24. The molecule has 100 valence electrons. The number of hydrogen-bond acceptors (Lipinski definition) is 5. The van der Waals surface area contributed by atoms with E-state index in [2.05, 4.69) is 16.8 Å². The van der Waals surface area contributed by atoms with Crippen molar-refractivity contribution in [2.24, 2.45) is 0 Å². The molecule has 0 spiro atoms. The van der Waals surface area contributed by atoms with Crippen LogP contribution in [0, 0.1) is 0 Å². The van der Waals surface area contributed by atoms with Gasteiger partial charge in [0.15, 0.2) is 5.58 Å². The second-order valence-electron chi connectivity index (χ2n) is 4.60. The minimum atomic E-state index is -0.956. The first-order valence-electron chi connectivity index (χ1n) is 6.13. The minimum absolute atomic E-state index is 0.220. The summed E-state index contributed by atoms with van der Waals surface area (Å²) in [6.45, 7) is 3.05. The van der Waals surface area contributed by atoms with E-state index < -0.39 is 5.97 Å². The van der Waals surface area contributed by atoms with Gasteiger partial charge < -0.3 is 14.4 Å². The summed E-state index contributed by atoms with van der Waals surface area (Å²) in [4.78, 5) is 17.5. The Balaban J connectivity index is 1.99. The monoisotopic (exact) mass is 278 g/mol. The van der Waals surface area contributed by atoms with Gasteiger partial charge in [0, 0.05) is 24.1 Å². The number of fused-ring (bicyclic) bond motifs is 1. The van der Waals surface area contributed by atoms with Crippen LogP contribution in [0.15, 0.2) is 22.6 Å². The van der Waals surface area contributed by atoms with Crippen molar-refractivity contribution in [3.05, 3.63) is 23.8 Å². The maximum Gasteiger partial charge on any atom is 0.335 e. The van der Waals surface area contributed by atoms with E-state index >= 15 is 0 Å². The molecular formula is C13H14N2O3S. The number of rotatable bonds is 2. The fourth-order valence-corrected chi connectivity index (χ4v) is 3.19. The van der Waals surface area contributed by atoms with Crippen LogP contribution >= 0.6 is 11.8 Å². The Morgan fingerprint density at radius 1 is 1.58 bits per heavy atom. The molecule has 19 heavy (non-hydrogen) atoms. The SMILES string of the molecule is CC1CSCCN1c1nc2ccc(C(=O)O)cc2o1. The second kappa shape index (κ2) is 4.77. The van der Waals surface area contributed by atoms with Crippen molar-refractivity contribution in [1.29, 1.82) is 0 Å². The van der Waals surface area contributed by atoms with Gasteiger partial charge in [0.25, 0.3) is 6.01 Å². The highest BCUT2D eigenvalue weighted by atomic mass is 32.2. The molecule has 2 heterocycles. The molecule has 5 nitrogen and oxygen atoms in total. The normalized spacial score (nSPS) is 19.8. The first-order valence-corrected chi connectivity index (χ1v) is 7.29. The van der Waals surface area contributed by atoms with Gasteiger partial charge in [-0.15, -0.1) is 0 Å². The third-order valence-corrected chi connectivity index (χ3v) is 4.43. The molecule has 0 saturated carbocycles. The van der Waals surface area contributed by atoms with Crippen molar-refractivity contribution in [3.63, 3.8) is 0 Å². The quantitative estimate of drug-likeness (QED) is 0.910. The second-order valence-corrected chi connectivity index (χ2v) is 5.75. The van der Waals surface area contributed by atoms with Crippen LogP contribution < -0.4 is 4.90 Å². The Morgan fingerprint density at radius 3 is 3.16 bits per heavy atom. The maximum atomic E-state index is 10.9. The van der Waals surface area contributed by atoms with Gasteiger partial charge >= 0.3 is 5.97 Å². The van der Waals surface area contributed by atoms with E-state index in [-0.39, 0.29) is 5.56 Å². The van der Waals surface area contributed by atoms with Crippen LogP contribution in [0.1, 0.15) is 17.3 Å². The smallest absolute Gasteiger partial charge is 0.335 e. The maximum absolute atomic E-state index is 10.9. The highest BCUT2D eigenvalue weighted by molar-refractivity contribution is 7.99. The van der Waals surface area contributed by atoms with Crippen molar-refractivity contribution in [2.75, 3.05) is 23.0 Å². The first kappa shape index (κ1) is 12.3. The molecule has 1 aromatic carbocycles. The average molecular weight is 278 g/mol.